The molecule has 0 radical (unpaired) electrons. The van der Waals surface area contributed by atoms with E-state index in [1.54, 1.807) is 0 Å². The Kier molecular flexibility index (Phi) is 6.50. The van der Waals surface area contributed by atoms with Gasteiger partial charge >= 0.3 is 11.9 Å². The van der Waals surface area contributed by atoms with Crippen LogP contribution < -0.4 is 0 Å². The molecule has 4 heteroatoms. The molecule has 2 aromatic carbocycles. The van der Waals surface area contributed by atoms with Crippen molar-refractivity contribution in [2.24, 2.45) is 17.8 Å². The normalized spacial score (nSPS) is 24.7. The zero-order valence-corrected chi connectivity index (χ0v) is 16.5. The van der Waals surface area contributed by atoms with Crippen molar-refractivity contribution in [3.8, 4) is 0 Å². The largest absolute Gasteiger partial charge is 0.481 e. The fourth-order valence-electron chi connectivity index (χ4n) is 4.35. The molecular weight excluding hydrogens is 352 g/mol. The highest BCUT2D eigenvalue weighted by atomic mass is 16.5. The average molecular weight is 380 g/mol. The van der Waals surface area contributed by atoms with Gasteiger partial charge in [0.2, 0.25) is 0 Å². The second kappa shape index (κ2) is 9.05. The van der Waals surface area contributed by atoms with Crippen molar-refractivity contribution in [2.75, 3.05) is 6.61 Å². The van der Waals surface area contributed by atoms with E-state index in [1.807, 2.05) is 74.5 Å². The van der Waals surface area contributed by atoms with Gasteiger partial charge in [0.05, 0.1) is 18.4 Å². The summed E-state index contributed by atoms with van der Waals surface area (Å²) in [5.74, 6) is -2.97. The highest BCUT2D eigenvalue weighted by Crippen LogP contribution is 2.49. The van der Waals surface area contributed by atoms with Crippen molar-refractivity contribution in [3.05, 3.63) is 71.8 Å². The summed E-state index contributed by atoms with van der Waals surface area (Å²) in [6.45, 7) is 4.26. The fourth-order valence-corrected chi connectivity index (χ4v) is 4.35. The SMILES string of the molecule is CC(C)COC(=O)C1C(c2ccccc2)CCC(c2ccccc2)C1C(=O)O. The third-order valence-electron chi connectivity index (χ3n) is 5.61. The third kappa shape index (κ3) is 4.44. The third-order valence-corrected chi connectivity index (χ3v) is 5.61. The number of carboxylic acid groups (broad SMARTS) is 1. The minimum atomic E-state index is -0.930. The van der Waals surface area contributed by atoms with Crippen molar-refractivity contribution in [3.63, 3.8) is 0 Å². The van der Waals surface area contributed by atoms with Crippen molar-refractivity contribution in [1.82, 2.24) is 0 Å². The lowest BCUT2D eigenvalue weighted by Gasteiger charge is -2.40. The van der Waals surface area contributed by atoms with E-state index in [0.717, 1.165) is 24.0 Å². The molecule has 1 aliphatic carbocycles. The molecule has 0 saturated heterocycles. The lowest BCUT2D eigenvalue weighted by molar-refractivity contribution is -0.162. The number of hydrogen-bond acceptors (Lipinski definition) is 3. The second-order valence-corrected chi connectivity index (χ2v) is 8.03. The van der Waals surface area contributed by atoms with E-state index in [9.17, 15) is 14.7 Å². The molecule has 0 aromatic heterocycles. The first kappa shape index (κ1) is 20.1. The van der Waals surface area contributed by atoms with Crippen LogP contribution in [0, 0.1) is 17.8 Å². The number of carboxylic acids is 1. The van der Waals surface area contributed by atoms with E-state index < -0.39 is 23.8 Å². The van der Waals surface area contributed by atoms with Crippen molar-refractivity contribution >= 4 is 11.9 Å². The molecule has 1 N–H and O–H groups in total. The Labute approximate surface area is 166 Å². The van der Waals surface area contributed by atoms with Gasteiger partial charge in [-0.15, -0.1) is 0 Å². The van der Waals surface area contributed by atoms with E-state index in [2.05, 4.69) is 0 Å². The van der Waals surface area contributed by atoms with Crippen LogP contribution in [0.3, 0.4) is 0 Å². The van der Waals surface area contributed by atoms with Crippen molar-refractivity contribution in [1.29, 1.82) is 0 Å². The summed E-state index contributed by atoms with van der Waals surface area (Å²) < 4.78 is 5.56. The molecular formula is C24H28O4. The van der Waals surface area contributed by atoms with E-state index in [-0.39, 0.29) is 17.8 Å². The maximum atomic E-state index is 13.1. The van der Waals surface area contributed by atoms with Crippen LogP contribution in [0.4, 0.5) is 0 Å². The molecule has 4 atom stereocenters. The summed E-state index contributed by atoms with van der Waals surface area (Å²) in [4.78, 5) is 25.5. The molecule has 2 aromatic rings. The summed E-state index contributed by atoms with van der Waals surface area (Å²) in [5.41, 5.74) is 1.98. The first-order chi connectivity index (χ1) is 13.5. The molecule has 148 valence electrons. The van der Waals surface area contributed by atoms with Crippen LogP contribution in [0.25, 0.3) is 0 Å². The minimum Gasteiger partial charge on any atom is -0.481 e. The highest BCUT2D eigenvalue weighted by molar-refractivity contribution is 5.83. The predicted molar refractivity (Wildman–Crippen MR) is 108 cm³/mol. The number of ether oxygens (including phenoxy) is 1. The lowest BCUT2D eigenvalue weighted by Crippen LogP contribution is -2.42. The van der Waals surface area contributed by atoms with Gasteiger partial charge in [0.1, 0.15) is 0 Å². The van der Waals surface area contributed by atoms with Gasteiger partial charge in [0, 0.05) is 0 Å². The summed E-state index contributed by atoms with van der Waals surface area (Å²) in [6, 6.07) is 19.4. The summed E-state index contributed by atoms with van der Waals surface area (Å²) in [6.07, 6.45) is 1.49. The van der Waals surface area contributed by atoms with Crippen LogP contribution in [-0.4, -0.2) is 23.7 Å². The minimum absolute atomic E-state index is 0.151. The Morgan fingerprint density at radius 2 is 1.36 bits per heavy atom. The van der Waals surface area contributed by atoms with Crippen LogP contribution in [0.5, 0.6) is 0 Å². The van der Waals surface area contributed by atoms with Gasteiger partial charge < -0.3 is 9.84 Å². The van der Waals surface area contributed by atoms with E-state index in [4.69, 9.17) is 4.74 Å². The standard InChI is InChI=1S/C24H28O4/c1-16(2)15-28-24(27)22-20(18-11-7-4-8-12-18)14-13-19(21(22)23(25)26)17-9-5-3-6-10-17/h3-12,16,19-22H,13-15H2,1-2H3,(H,25,26). The summed E-state index contributed by atoms with van der Waals surface area (Å²) >= 11 is 0. The van der Waals surface area contributed by atoms with Gasteiger partial charge in [-0.3, -0.25) is 9.59 Å². The molecule has 3 rings (SSSR count). The number of benzene rings is 2. The molecule has 0 bridgehead atoms. The molecule has 4 unspecified atom stereocenters. The monoisotopic (exact) mass is 380 g/mol. The topological polar surface area (TPSA) is 63.6 Å². The van der Waals surface area contributed by atoms with Gasteiger partial charge in [0.15, 0.2) is 0 Å². The van der Waals surface area contributed by atoms with E-state index >= 15 is 0 Å². The summed E-state index contributed by atoms with van der Waals surface area (Å²) in [5, 5.41) is 10.1. The number of carbonyl (C=O) groups is 2. The van der Waals surface area contributed by atoms with Gasteiger partial charge in [-0.05, 0) is 41.7 Å². The molecule has 0 amide bonds. The molecule has 0 spiro atoms. The average Bonchev–Trinajstić information content (AvgIpc) is 2.72. The number of aliphatic carboxylic acids is 1. The number of esters is 1. The Hall–Kier alpha value is -2.62. The molecule has 0 heterocycles. The predicted octanol–water partition coefficient (Wildman–Crippen LogP) is 4.86. The second-order valence-electron chi connectivity index (χ2n) is 8.03. The molecule has 1 aliphatic rings. The first-order valence-corrected chi connectivity index (χ1v) is 9.98. The highest BCUT2D eigenvalue weighted by Gasteiger charge is 2.49. The van der Waals surface area contributed by atoms with Crippen LogP contribution in [-0.2, 0) is 14.3 Å². The maximum absolute atomic E-state index is 13.1. The number of rotatable bonds is 6. The van der Waals surface area contributed by atoms with Crippen LogP contribution in [0.15, 0.2) is 60.7 Å². The van der Waals surface area contributed by atoms with Crippen molar-refractivity contribution < 1.29 is 19.4 Å². The molecule has 28 heavy (non-hydrogen) atoms. The molecule has 1 saturated carbocycles. The van der Waals surface area contributed by atoms with Gasteiger partial charge in [-0.25, -0.2) is 0 Å². The van der Waals surface area contributed by atoms with Crippen LogP contribution >= 0.6 is 0 Å². The Bertz CT molecular complexity index is 785. The zero-order chi connectivity index (χ0) is 20.1. The first-order valence-electron chi connectivity index (χ1n) is 9.98. The van der Waals surface area contributed by atoms with E-state index in [1.165, 1.54) is 0 Å². The maximum Gasteiger partial charge on any atom is 0.310 e. The number of carbonyl (C=O) groups excluding carboxylic acids is 1. The smallest absolute Gasteiger partial charge is 0.310 e. The van der Waals surface area contributed by atoms with Crippen LogP contribution in [0.2, 0.25) is 0 Å². The van der Waals surface area contributed by atoms with Gasteiger partial charge in [-0.1, -0.05) is 74.5 Å². The Morgan fingerprint density at radius 1 is 0.893 bits per heavy atom. The quantitative estimate of drug-likeness (QED) is 0.727. The molecule has 4 nitrogen and oxygen atoms in total. The number of hydrogen-bond donors (Lipinski definition) is 1. The fraction of sp³-hybridized carbons (Fsp3) is 0.417. The lowest BCUT2D eigenvalue weighted by atomic mass is 9.63. The van der Waals surface area contributed by atoms with Gasteiger partial charge in [0.25, 0.3) is 0 Å². The summed E-state index contributed by atoms with van der Waals surface area (Å²) in [7, 11) is 0. The zero-order valence-electron chi connectivity index (χ0n) is 16.5. The van der Waals surface area contributed by atoms with Crippen molar-refractivity contribution in [2.45, 2.75) is 38.5 Å². The molecule has 1 fully saturated rings. The van der Waals surface area contributed by atoms with Gasteiger partial charge in [-0.2, -0.15) is 0 Å². The van der Waals surface area contributed by atoms with Crippen LogP contribution in [0.1, 0.15) is 49.7 Å². The Morgan fingerprint density at radius 3 is 1.79 bits per heavy atom. The molecule has 0 aliphatic heterocycles. The Balaban J connectivity index is 1.99. The van der Waals surface area contributed by atoms with E-state index in [0.29, 0.717) is 6.61 Å².